The van der Waals surface area contributed by atoms with Crippen LogP contribution in [0.25, 0.3) is 0 Å². The van der Waals surface area contributed by atoms with Gasteiger partial charge >= 0.3 is 0 Å². The van der Waals surface area contributed by atoms with Crippen LogP contribution in [0.15, 0.2) is 18.2 Å². The van der Waals surface area contributed by atoms with Crippen LogP contribution in [0, 0.1) is 29.6 Å². The Morgan fingerprint density at radius 3 is 2.70 bits per heavy atom. The number of hydrogen-bond donors (Lipinski definition) is 1. The molecular weight excluding hydrogens is 270 g/mol. The van der Waals surface area contributed by atoms with Crippen LogP contribution >= 0.6 is 11.6 Å². The first-order valence-electron chi connectivity index (χ1n) is 7.79. The molecule has 1 amide bonds. The fourth-order valence-electron chi connectivity index (χ4n) is 5.43. The van der Waals surface area contributed by atoms with Crippen molar-refractivity contribution in [1.82, 2.24) is 0 Å². The fourth-order valence-corrected chi connectivity index (χ4v) is 5.90. The van der Waals surface area contributed by atoms with Crippen LogP contribution in [0.2, 0.25) is 0 Å². The normalized spacial score (nSPS) is 41.2. The highest BCUT2D eigenvalue weighted by molar-refractivity contribution is 6.21. The van der Waals surface area contributed by atoms with E-state index in [4.69, 9.17) is 11.6 Å². The first-order chi connectivity index (χ1) is 9.72. The highest BCUT2D eigenvalue weighted by Crippen LogP contribution is 2.73. The SMILES string of the molecule is O=C1Cc2cc(C(Cl)C3C4C5CCC(C5)C43)ccc2N1. The lowest BCUT2D eigenvalue weighted by atomic mass is 9.95. The molecule has 3 aliphatic carbocycles. The molecule has 1 N–H and O–H groups in total. The highest BCUT2D eigenvalue weighted by Gasteiger charge is 2.66. The second kappa shape index (κ2) is 3.79. The molecule has 1 aliphatic heterocycles. The average molecular weight is 288 g/mol. The molecule has 1 heterocycles. The van der Waals surface area contributed by atoms with E-state index in [0.29, 0.717) is 12.3 Å². The van der Waals surface area contributed by atoms with Crippen LogP contribution in [0.1, 0.15) is 35.8 Å². The van der Waals surface area contributed by atoms with Gasteiger partial charge in [-0.3, -0.25) is 4.79 Å². The van der Waals surface area contributed by atoms with E-state index < -0.39 is 0 Å². The summed E-state index contributed by atoms with van der Waals surface area (Å²) in [4.78, 5) is 11.4. The molecule has 2 nitrogen and oxygen atoms in total. The summed E-state index contributed by atoms with van der Waals surface area (Å²) in [5, 5.41) is 3.04. The Hall–Kier alpha value is -1.02. The number of hydrogen-bond acceptors (Lipinski definition) is 1. The smallest absolute Gasteiger partial charge is 0.228 e. The summed E-state index contributed by atoms with van der Waals surface area (Å²) >= 11 is 6.80. The lowest BCUT2D eigenvalue weighted by Crippen LogP contribution is -2.04. The van der Waals surface area contributed by atoms with Gasteiger partial charge in [-0.1, -0.05) is 12.1 Å². The third kappa shape index (κ3) is 1.43. The molecule has 3 heteroatoms. The number of nitrogens with one attached hydrogen (secondary N) is 1. The number of benzene rings is 1. The molecule has 2 bridgehead atoms. The second-order valence-corrected chi connectivity index (χ2v) is 7.58. The largest absolute Gasteiger partial charge is 0.326 e. The molecule has 3 fully saturated rings. The molecule has 5 atom stereocenters. The van der Waals surface area contributed by atoms with Gasteiger partial charge in [0.25, 0.3) is 0 Å². The van der Waals surface area contributed by atoms with E-state index in [9.17, 15) is 4.79 Å². The van der Waals surface area contributed by atoms with E-state index in [0.717, 1.165) is 34.9 Å². The Labute approximate surface area is 123 Å². The van der Waals surface area contributed by atoms with Crippen molar-refractivity contribution in [1.29, 1.82) is 0 Å². The number of rotatable bonds is 2. The van der Waals surface area contributed by atoms with Crippen LogP contribution in [0.3, 0.4) is 0 Å². The zero-order valence-corrected chi connectivity index (χ0v) is 12.1. The predicted molar refractivity (Wildman–Crippen MR) is 78.7 cm³/mol. The molecular formula is C17H18ClNO. The van der Waals surface area contributed by atoms with E-state index in [2.05, 4.69) is 17.4 Å². The van der Waals surface area contributed by atoms with Crippen molar-refractivity contribution in [3.05, 3.63) is 29.3 Å². The lowest BCUT2D eigenvalue weighted by Gasteiger charge is -2.15. The van der Waals surface area contributed by atoms with Crippen LogP contribution in [-0.2, 0) is 11.2 Å². The summed E-state index contributed by atoms with van der Waals surface area (Å²) in [5.74, 6) is 4.55. The van der Waals surface area contributed by atoms with E-state index in [1.165, 1.54) is 24.8 Å². The van der Waals surface area contributed by atoms with Gasteiger partial charge in [0.1, 0.15) is 0 Å². The third-order valence-electron chi connectivity index (χ3n) is 6.21. The van der Waals surface area contributed by atoms with Crippen LogP contribution in [-0.4, -0.2) is 5.91 Å². The summed E-state index contributed by atoms with van der Waals surface area (Å²) < 4.78 is 0. The van der Waals surface area contributed by atoms with Gasteiger partial charge in [-0.05, 0) is 66.0 Å². The van der Waals surface area contributed by atoms with Crippen molar-refractivity contribution in [2.45, 2.75) is 31.1 Å². The Morgan fingerprint density at radius 1 is 1.20 bits per heavy atom. The zero-order valence-electron chi connectivity index (χ0n) is 11.3. The van der Waals surface area contributed by atoms with Crippen LogP contribution in [0.4, 0.5) is 5.69 Å². The molecule has 104 valence electrons. The minimum atomic E-state index is 0.101. The molecule has 5 rings (SSSR count). The Kier molecular flexibility index (Phi) is 2.20. The standard InChI is InChI=1S/C17H18ClNO/c18-17(16-14-8-1-2-9(5-8)15(14)16)10-3-4-12-11(6-10)7-13(20)19-12/h3-4,6,8-9,14-17H,1-2,5,7H2,(H,19,20). The van der Waals surface area contributed by atoms with Crippen molar-refractivity contribution < 1.29 is 4.79 Å². The molecule has 1 aromatic rings. The number of amides is 1. The quantitative estimate of drug-likeness (QED) is 0.825. The molecule has 3 saturated carbocycles. The Bertz CT molecular complexity index is 597. The first kappa shape index (κ1) is 11.6. The molecule has 1 aromatic carbocycles. The highest BCUT2D eigenvalue weighted by atomic mass is 35.5. The molecule has 0 spiro atoms. The monoisotopic (exact) mass is 287 g/mol. The van der Waals surface area contributed by atoms with Crippen molar-refractivity contribution in [3.8, 4) is 0 Å². The molecule has 0 aromatic heterocycles. The number of alkyl halides is 1. The molecule has 0 radical (unpaired) electrons. The van der Waals surface area contributed by atoms with Gasteiger partial charge in [0, 0.05) is 5.69 Å². The van der Waals surface area contributed by atoms with Crippen molar-refractivity contribution in [2.75, 3.05) is 5.32 Å². The summed E-state index contributed by atoms with van der Waals surface area (Å²) in [5.41, 5.74) is 3.31. The van der Waals surface area contributed by atoms with Crippen LogP contribution < -0.4 is 5.32 Å². The first-order valence-corrected chi connectivity index (χ1v) is 8.23. The third-order valence-corrected chi connectivity index (χ3v) is 6.75. The predicted octanol–water partition coefficient (Wildman–Crippen LogP) is 3.75. The van der Waals surface area contributed by atoms with Crippen molar-refractivity contribution in [3.63, 3.8) is 0 Å². The van der Waals surface area contributed by atoms with Crippen LogP contribution in [0.5, 0.6) is 0 Å². The summed E-state index contributed by atoms with van der Waals surface area (Å²) in [6.07, 6.45) is 4.86. The fraction of sp³-hybridized carbons (Fsp3) is 0.588. The van der Waals surface area contributed by atoms with Gasteiger partial charge in [0.05, 0.1) is 11.8 Å². The summed E-state index contributed by atoms with van der Waals surface area (Å²) in [6.45, 7) is 0. The second-order valence-electron chi connectivity index (χ2n) is 7.11. The van der Waals surface area contributed by atoms with Gasteiger partial charge in [-0.15, -0.1) is 11.6 Å². The lowest BCUT2D eigenvalue weighted by molar-refractivity contribution is -0.115. The van der Waals surface area contributed by atoms with Gasteiger partial charge in [-0.25, -0.2) is 0 Å². The number of halogens is 1. The van der Waals surface area contributed by atoms with Gasteiger partial charge in [0.15, 0.2) is 0 Å². The van der Waals surface area contributed by atoms with Gasteiger partial charge in [-0.2, -0.15) is 0 Å². The molecule has 4 aliphatic rings. The number of carbonyl (C=O) groups excluding carboxylic acids is 1. The Morgan fingerprint density at radius 2 is 1.95 bits per heavy atom. The number of anilines is 1. The molecule has 20 heavy (non-hydrogen) atoms. The molecule has 0 saturated heterocycles. The Balaban J connectivity index is 1.42. The minimum Gasteiger partial charge on any atom is -0.326 e. The topological polar surface area (TPSA) is 29.1 Å². The summed E-state index contributed by atoms with van der Waals surface area (Å²) in [7, 11) is 0. The van der Waals surface area contributed by atoms with Gasteiger partial charge < -0.3 is 5.32 Å². The van der Waals surface area contributed by atoms with E-state index in [1.54, 1.807) is 0 Å². The zero-order chi connectivity index (χ0) is 13.4. The number of carbonyl (C=O) groups is 1. The van der Waals surface area contributed by atoms with Gasteiger partial charge in [0.2, 0.25) is 5.91 Å². The van der Waals surface area contributed by atoms with Crippen molar-refractivity contribution >= 4 is 23.2 Å². The van der Waals surface area contributed by atoms with E-state index >= 15 is 0 Å². The van der Waals surface area contributed by atoms with E-state index in [-0.39, 0.29) is 11.3 Å². The maximum absolute atomic E-state index is 11.4. The van der Waals surface area contributed by atoms with E-state index in [1.807, 2.05) is 6.07 Å². The number of fused-ring (bicyclic) bond motifs is 6. The van der Waals surface area contributed by atoms with Crippen molar-refractivity contribution in [2.24, 2.45) is 29.6 Å². The minimum absolute atomic E-state index is 0.101. The molecule has 5 unspecified atom stereocenters. The maximum atomic E-state index is 11.4. The average Bonchev–Trinajstić information content (AvgIpc) is 2.76. The maximum Gasteiger partial charge on any atom is 0.228 e. The summed E-state index contributed by atoms with van der Waals surface area (Å²) in [6, 6.07) is 6.29.